The second-order valence-electron chi connectivity index (χ2n) is 6.58. The highest BCUT2D eigenvalue weighted by Crippen LogP contribution is 2.33. The molecular weight excluding hydrogens is 327 g/mol. The maximum absolute atomic E-state index is 10.2. The molecule has 0 aliphatic carbocycles. The van der Waals surface area contributed by atoms with Gasteiger partial charge in [-0.05, 0) is 49.4 Å². The lowest BCUT2D eigenvalue weighted by atomic mass is 9.63. The third-order valence-electron chi connectivity index (χ3n) is 4.85. The van der Waals surface area contributed by atoms with Gasteiger partial charge in [-0.15, -0.1) is 11.8 Å². The Hall–Kier alpha value is -2.16. The third-order valence-corrected chi connectivity index (χ3v) is 5.89. The minimum Gasteiger partial charge on any atom is -0.446 e. The van der Waals surface area contributed by atoms with E-state index in [0.717, 1.165) is 35.2 Å². The number of benzene rings is 2. The second kappa shape index (κ2) is 6.63. The van der Waals surface area contributed by atoms with Crippen molar-refractivity contribution in [2.24, 2.45) is 0 Å². The zero-order valence-electron chi connectivity index (χ0n) is 14.2. The normalized spacial score (nSPS) is 13.2. The SMILES string of the molecule is Cc1ccc2c(c1)c(SCCC#N)cn2-c1ccc2c(c1)B(O)CC2. The second-order valence-corrected chi connectivity index (χ2v) is 7.71. The van der Waals surface area contributed by atoms with Gasteiger partial charge < -0.3 is 9.59 Å². The number of aromatic nitrogens is 1. The van der Waals surface area contributed by atoms with Gasteiger partial charge in [0, 0.05) is 34.3 Å². The molecule has 0 unspecified atom stereocenters. The van der Waals surface area contributed by atoms with Gasteiger partial charge in [-0.3, -0.25) is 0 Å². The minimum absolute atomic E-state index is 0.344. The van der Waals surface area contributed by atoms with E-state index in [4.69, 9.17) is 5.26 Å². The largest absolute Gasteiger partial charge is 0.446 e. The lowest BCUT2D eigenvalue weighted by Crippen LogP contribution is -2.26. The quantitative estimate of drug-likeness (QED) is 0.445. The smallest absolute Gasteiger partial charge is 0.324 e. The summed E-state index contributed by atoms with van der Waals surface area (Å²) in [5.41, 5.74) is 5.80. The number of nitrogens with zero attached hydrogens (tertiary/aromatic N) is 2. The molecule has 1 aliphatic rings. The molecule has 4 rings (SSSR count). The number of rotatable bonds is 4. The Balaban J connectivity index is 1.82. The van der Waals surface area contributed by atoms with Crippen LogP contribution >= 0.6 is 11.8 Å². The Morgan fingerprint density at radius 1 is 1.28 bits per heavy atom. The maximum atomic E-state index is 10.2. The Morgan fingerprint density at radius 2 is 2.16 bits per heavy atom. The van der Waals surface area contributed by atoms with E-state index in [1.165, 1.54) is 21.4 Å². The van der Waals surface area contributed by atoms with Crippen molar-refractivity contribution >= 4 is 35.0 Å². The number of nitriles is 1. The van der Waals surface area contributed by atoms with Gasteiger partial charge in [-0.25, -0.2) is 0 Å². The van der Waals surface area contributed by atoms with E-state index in [2.05, 4.69) is 60.2 Å². The summed E-state index contributed by atoms with van der Waals surface area (Å²) in [5, 5.41) is 20.2. The molecule has 124 valence electrons. The zero-order chi connectivity index (χ0) is 17.4. The highest BCUT2D eigenvalue weighted by Gasteiger charge is 2.25. The molecule has 1 aliphatic heterocycles. The van der Waals surface area contributed by atoms with Crippen LogP contribution in [0.1, 0.15) is 17.5 Å². The standard InChI is InChI=1S/C20H19BN2OS/c1-14-3-6-19-17(11-14)20(25-10-2-9-22)13-23(19)16-5-4-15-7-8-21(24)18(15)12-16/h3-6,11-13,24H,2,7-8,10H2,1H3. The number of fused-ring (bicyclic) bond motifs is 2. The molecular formula is C20H19BN2OS. The average Bonchev–Trinajstić information content (AvgIpc) is 3.16. The van der Waals surface area contributed by atoms with E-state index in [1.54, 1.807) is 11.8 Å². The minimum atomic E-state index is -0.344. The molecule has 0 amide bonds. The van der Waals surface area contributed by atoms with Crippen molar-refractivity contribution in [3.63, 3.8) is 0 Å². The van der Waals surface area contributed by atoms with Crippen LogP contribution in [0.4, 0.5) is 0 Å². The van der Waals surface area contributed by atoms with E-state index in [1.807, 2.05) is 0 Å². The van der Waals surface area contributed by atoms with Crippen LogP contribution in [-0.2, 0) is 6.42 Å². The number of hydrogen-bond acceptors (Lipinski definition) is 3. The van der Waals surface area contributed by atoms with Crippen LogP contribution in [0.5, 0.6) is 0 Å². The predicted octanol–water partition coefficient (Wildman–Crippen LogP) is 3.69. The van der Waals surface area contributed by atoms with Gasteiger partial charge in [0.15, 0.2) is 0 Å². The van der Waals surface area contributed by atoms with Gasteiger partial charge in [-0.2, -0.15) is 5.26 Å². The summed E-state index contributed by atoms with van der Waals surface area (Å²) in [6.45, 7) is 1.76. The summed E-state index contributed by atoms with van der Waals surface area (Å²) < 4.78 is 2.20. The number of thioether (sulfide) groups is 1. The molecule has 0 radical (unpaired) electrons. The van der Waals surface area contributed by atoms with Crippen molar-refractivity contribution in [1.82, 2.24) is 4.57 Å². The molecule has 0 bridgehead atoms. The monoisotopic (exact) mass is 346 g/mol. The van der Waals surface area contributed by atoms with E-state index >= 15 is 0 Å². The molecule has 0 atom stereocenters. The van der Waals surface area contributed by atoms with Crippen LogP contribution < -0.4 is 5.46 Å². The molecule has 3 nitrogen and oxygen atoms in total. The molecule has 2 heterocycles. The van der Waals surface area contributed by atoms with Crippen molar-refractivity contribution in [3.8, 4) is 11.8 Å². The molecule has 5 heteroatoms. The molecule has 1 N–H and O–H groups in total. The van der Waals surface area contributed by atoms with Gasteiger partial charge in [0.2, 0.25) is 0 Å². The summed E-state index contributed by atoms with van der Waals surface area (Å²) in [6.07, 6.45) is 4.49. The highest BCUT2D eigenvalue weighted by molar-refractivity contribution is 7.99. The van der Waals surface area contributed by atoms with E-state index in [-0.39, 0.29) is 6.92 Å². The van der Waals surface area contributed by atoms with Gasteiger partial charge >= 0.3 is 6.92 Å². The molecule has 0 fully saturated rings. The Morgan fingerprint density at radius 3 is 3.00 bits per heavy atom. The molecule has 2 aromatic carbocycles. The first-order valence-electron chi connectivity index (χ1n) is 8.60. The van der Waals surface area contributed by atoms with E-state index in [9.17, 15) is 5.02 Å². The van der Waals surface area contributed by atoms with Crippen LogP contribution in [0.25, 0.3) is 16.6 Å². The van der Waals surface area contributed by atoms with Gasteiger partial charge in [-0.1, -0.05) is 23.3 Å². The molecule has 1 aromatic heterocycles. The van der Waals surface area contributed by atoms with Crippen LogP contribution in [0.2, 0.25) is 6.32 Å². The van der Waals surface area contributed by atoms with E-state index < -0.39 is 0 Å². The first-order valence-corrected chi connectivity index (χ1v) is 9.58. The van der Waals surface area contributed by atoms with Crippen molar-refractivity contribution in [3.05, 3.63) is 53.7 Å². The number of aryl methyl sites for hydroxylation is 2. The van der Waals surface area contributed by atoms with Crippen molar-refractivity contribution < 1.29 is 5.02 Å². The molecule has 0 spiro atoms. The summed E-state index contributed by atoms with van der Waals surface area (Å²) in [4.78, 5) is 1.20. The summed E-state index contributed by atoms with van der Waals surface area (Å²) in [7, 11) is 0. The summed E-state index contributed by atoms with van der Waals surface area (Å²) >= 11 is 1.73. The predicted molar refractivity (Wildman–Crippen MR) is 105 cm³/mol. The highest BCUT2D eigenvalue weighted by atomic mass is 32.2. The van der Waals surface area contributed by atoms with Crippen molar-refractivity contribution in [2.45, 2.75) is 31.0 Å². The lowest BCUT2D eigenvalue weighted by Gasteiger charge is -2.09. The summed E-state index contributed by atoms with van der Waals surface area (Å²) in [5.74, 6) is 0.798. The molecule has 25 heavy (non-hydrogen) atoms. The third kappa shape index (κ3) is 2.97. The zero-order valence-corrected chi connectivity index (χ0v) is 15.0. The van der Waals surface area contributed by atoms with Crippen molar-refractivity contribution in [2.75, 3.05) is 5.75 Å². The number of hydrogen-bond donors (Lipinski definition) is 1. The Labute approximate surface area is 152 Å². The fourth-order valence-corrected chi connectivity index (χ4v) is 4.48. The van der Waals surface area contributed by atoms with Crippen LogP contribution in [0, 0.1) is 18.3 Å². The molecule has 0 saturated heterocycles. The van der Waals surface area contributed by atoms with Gasteiger partial charge in [0.25, 0.3) is 0 Å². The lowest BCUT2D eigenvalue weighted by molar-refractivity contribution is 0.587. The fraction of sp³-hybridized carbons (Fsp3) is 0.250. The van der Waals surface area contributed by atoms with Gasteiger partial charge in [0.1, 0.15) is 0 Å². The molecule has 0 saturated carbocycles. The van der Waals surface area contributed by atoms with Crippen molar-refractivity contribution in [1.29, 1.82) is 5.26 Å². The first kappa shape index (κ1) is 16.3. The molecule has 3 aromatic rings. The average molecular weight is 346 g/mol. The van der Waals surface area contributed by atoms with Gasteiger partial charge in [0.05, 0.1) is 11.6 Å². The van der Waals surface area contributed by atoms with Crippen LogP contribution in [0.15, 0.2) is 47.5 Å². The fourth-order valence-electron chi connectivity index (χ4n) is 3.57. The van der Waals surface area contributed by atoms with E-state index in [0.29, 0.717) is 6.42 Å². The topological polar surface area (TPSA) is 49.0 Å². The Bertz CT molecular complexity index is 989. The van der Waals surface area contributed by atoms with Crippen LogP contribution in [0.3, 0.4) is 0 Å². The maximum Gasteiger partial charge on any atom is 0.324 e. The first-order chi connectivity index (χ1) is 12.2. The Kier molecular flexibility index (Phi) is 4.33. The summed E-state index contributed by atoms with van der Waals surface area (Å²) in [6, 6.07) is 15.1. The van der Waals surface area contributed by atoms with Crippen LogP contribution in [-0.4, -0.2) is 22.3 Å².